The standard InChI is InChI=1S/C14H24N2O3S/c1-14(2,8-5-9-17)11-16-20(18,19)10-12-6-3-4-7-13(12)15/h3-4,6-7,16-17H,5,8-11,15H2,1-2H3. The van der Waals surface area contributed by atoms with Gasteiger partial charge < -0.3 is 10.8 Å². The van der Waals surface area contributed by atoms with Crippen molar-refractivity contribution < 1.29 is 13.5 Å². The number of aliphatic hydroxyl groups excluding tert-OH is 1. The van der Waals surface area contributed by atoms with Gasteiger partial charge in [0.25, 0.3) is 0 Å². The molecule has 0 spiro atoms. The van der Waals surface area contributed by atoms with Crippen LogP contribution in [0.25, 0.3) is 0 Å². The predicted octanol–water partition coefficient (Wildman–Crippen LogP) is 1.49. The van der Waals surface area contributed by atoms with Gasteiger partial charge in [-0.2, -0.15) is 0 Å². The van der Waals surface area contributed by atoms with E-state index in [2.05, 4.69) is 4.72 Å². The van der Waals surface area contributed by atoms with E-state index in [1.165, 1.54) is 0 Å². The van der Waals surface area contributed by atoms with E-state index in [9.17, 15) is 8.42 Å². The molecule has 0 amide bonds. The Balaban J connectivity index is 2.60. The van der Waals surface area contributed by atoms with Gasteiger partial charge in [-0.25, -0.2) is 13.1 Å². The van der Waals surface area contributed by atoms with Crippen LogP contribution in [0.3, 0.4) is 0 Å². The summed E-state index contributed by atoms with van der Waals surface area (Å²) in [5.41, 5.74) is 6.66. The normalized spacial score (nSPS) is 12.6. The third-order valence-corrected chi connectivity index (χ3v) is 4.46. The van der Waals surface area contributed by atoms with E-state index in [-0.39, 0.29) is 17.8 Å². The molecule has 0 aromatic heterocycles. The van der Waals surface area contributed by atoms with Crippen LogP contribution in [0.1, 0.15) is 32.3 Å². The van der Waals surface area contributed by atoms with Crippen molar-refractivity contribution in [3.05, 3.63) is 29.8 Å². The molecule has 1 rings (SSSR count). The van der Waals surface area contributed by atoms with Gasteiger partial charge in [0.05, 0.1) is 5.75 Å². The first-order valence-corrected chi connectivity index (χ1v) is 8.32. The minimum atomic E-state index is -3.41. The molecule has 0 atom stereocenters. The zero-order valence-electron chi connectivity index (χ0n) is 12.1. The van der Waals surface area contributed by atoms with E-state index in [0.29, 0.717) is 24.2 Å². The van der Waals surface area contributed by atoms with Crippen molar-refractivity contribution >= 4 is 15.7 Å². The van der Waals surface area contributed by atoms with Crippen LogP contribution in [-0.2, 0) is 15.8 Å². The molecule has 1 aromatic rings. The molecule has 20 heavy (non-hydrogen) atoms. The number of hydrogen-bond donors (Lipinski definition) is 3. The Labute approximate surface area is 121 Å². The number of sulfonamides is 1. The Hall–Kier alpha value is -1.11. The van der Waals surface area contributed by atoms with E-state index in [4.69, 9.17) is 10.8 Å². The van der Waals surface area contributed by atoms with E-state index >= 15 is 0 Å². The number of para-hydroxylation sites is 1. The Kier molecular flexibility index (Phi) is 5.98. The highest BCUT2D eigenvalue weighted by molar-refractivity contribution is 7.88. The van der Waals surface area contributed by atoms with Gasteiger partial charge in [0.2, 0.25) is 10.0 Å². The summed E-state index contributed by atoms with van der Waals surface area (Å²) < 4.78 is 26.7. The summed E-state index contributed by atoms with van der Waals surface area (Å²) in [7, 11) is -3.41. The van der Waals surface area contributed by atoms with Crippen LogP contribution in [0.5, 0.6) is 0 Å². The molecule has 0 aliphatic carbocycles. The molecule has 1 aromatic carbocycles. The average molecular weight is 300 g/mol. The van der Waals surface area contributed by atoms with Crippen LogP contribution >= 0.6 is 0 Å². The largest absolute Gasteiger partial charge is 0.398 e. The summed E-state index contributed by atoms with van der Waals surface area (Å²) in [6, 6.07) is 6.95. The van der Waals surface area contributed by atoms with Crippen molar-refractivity contribution in [3.63, 3.8) is 0 Å². The number of nitrogen functional groups attached to an aromatic ring is 1. The number of hydrogen-bond acceptors (Lipinski definition) is 4. The quantitative estimate of drug-likeness (QED) is 0.634. The van der Waals surface area contributed by atoms with E-state index in [1.807, 2.05) is 13.8 Å². The van der Waals surface area contributed by atoms with Crippen LogP contribution in [0, 0.1) is 5.41 Å². The molecule has 0 bridgehead atoms. The summed E-state index contributed by atoms with van der Waals surface area (Å²) in [5.74, 6) is -0.115. The second-order valence-electron chi connectivity index (χ2n) is 5.77. The number of benzene rings is 1. The fourth-order valence-electron chi connectivity index (χ4n) is 1.87. The molecule has 4 N–H and O–H groups in total. The Bertz CT molecular complexity index is 527. The molecule has 0 heterocycles. The molecule has 114 valence electrons. The van der Waals surface area contributed by atoms with Gasteiger partial charge >= 0.3 is 0 Å². The maximum absolute atomic E-state index is 12.1. The molecular weight excluding hydrogens is 276 g/mol. The number of nitrogens with two attached hydrogens (primary N) is 1. The van der Waals surface area contributed by atoms with Gasteiger partial charge in [-0.15, -0.1) is 0 Å². The van der Waals surface area contributed by atoms with Gasteiger partial charge in [-0.05, 0) is 29.9 Å². The maximum Gasteiger partial charge on any atom is 0.215 e. The molecule has 0 fully saturated rings. The lowest BCUT2D eigenvalue weighted by atomic mass is 9.88. The van der Waals surface area contributed by atoms with Crippen molar-refractivity contribution in [1.29, 1.82) is 0 Å². The monoisotopic (exact) mass is 300 g/mol. The Morgan fingerprint density at radius 2 is 1.95 bits per heavy atom. The van der Waals surface area contributed by atoms with Gasteiger partial charge in [-0.1, -0.05) is 32.0 Å². The summed E-state index contributed by atoms with van der Waals surface area (Å²) >= 11 is 0. The third kappa shape index (κ3) is 5.90. The fraction of sp³-hybridized carbons (Fsp3) is 0.571. The molecule has 0 saturated heterocycles. The van der Waals surface area contributed by atoms with Gasteiger partial charge in [0.1, 0.15) is 0 Å². The van der Waals surface area contributed by atoms with E-state index in [0.717, 1.165) is 6.42 Å². The van der Waals surface area contributed by atoms with Crippen molar-refractivity contribution in [1.82, 2.24) is 4.72 Å². The summed E-state index contributed by atoms with van der Waals surface area (Å²) in [4.78, 5) is 0. The number of nitrogens with one attached hydrogen (secondary N) is 1. The van der Waals surface area contributed by atoms with Crippen LogP contribution < -0.4 is 10.5 Å². The number of rotatable bonds is 8. The molecular formula is C14H24N2O3S. The third-order valence-electron chi connectivity index (χ3n) is 3.18. The highest BCUT2D eigenvalue weighted by Gasteiger charge is 2.21. The molecule has 5 nitrogen and oxygen atoms in total. The first kappa shape index (κ1) is 16.9. The minimum Gasteiger partial charge on any atom is -0.398 e. The van der Waals surface area contributed by atoms with Crippen LogP contribution in [-0.4, -0.2) is 26.7 Å². The molecule has 6 heteroatoms. The van der Waals surface area contributed by atoms with Crippen molar-refractivity contribution in [2.75, 3.05) is 18.9 Å². The van der Waals surface area contributed by atoms with Crippen LogP contribution in [0.2, 0.25) is 0 Å². The molecule has 0 aliphatic rings. The Morgan fingerprint density at radius 1 is 1.30 bits per heavy atom. The molecule has 0 saturated carbocycles. The lowest BCUT2D eigenvalue weighted by Gasteiger charge is -2.24. The summed E-state index contributed by atoms with van der Waals surface area (Å²) in [5, 5.41) is 8.83. The number of aliphatic hydroxyl groups is 1. The fourth-order valence-corrected chi connectivity index (χ4v) is 3.26. The first-order valence-electron chi connectivity index (χ1n) is 6.67. The van der Waals surface area contributed by atoms with Gasteiger partial charge in [0.15, 0.2) is 0 Å². The Morgan fingerprint density at radius 3 is 2.55 bits per heavy atom. The second-order valence-corrected chi connectivity index (χ2v) is 7.58. The highest BCUT2D eigenvalue weighted by atomic mass is 32.2. The summed E-state index contributed by atoms with van der Waals surface area (Å²) in [6.45, 7) is 4.42. The lowest BCUT2D eigenvalue weighted by molar-refractivity contribution is 0.242. The smallest absolute Gasteiger partial charge is 0.215 e. The van der Waals surface area contributed by atoms with Crippen molar-refractivity contribution in [2.45, 2.75) is 32.4 Å². The average Bonchev–Trinajstić information content (AvgIpc) is 2.37. The molecule has 0 aliphatic heterocycles. The maximum atomic E-state index is 12.1. The van der Waals surface area contributed by atoms with E-state index < -0.39 is 10.0 Å². The van der Waals surface area contributed by atoms with Crippen LogP contribution in [0.4, 0.5) is 5.69 Å². The summed E-state index contributed by atoms with van der Waals surface area (Å²) in [6.07, 6.45) is 1.43. The van der Waals surface area contributed by atoms with Crippen molar-refractivity contribution in [3.8, 4) is 0 Å². The second kappa shape index (κ2) is 7.06. The first-order chi connectivity index (χ1) is 9.26. The number of anilines is 1. The topological polar surface area (TPSA) is 92.4 Å². The molecule has 0 unspecified atom stereocenters. The molecule has 0 radical (unpaired) electrons. The zero-order chi connectivity index (χ0) is 15.2. The van der Waals surface area contributed by atoms with Gasteiger partial charge in [-0.3, -0.25) is 0 Å². The zero-order valence-corrected chi connectivity index (χ0v) is 12.9. The van der Waals surface area contributed by atoms with Crippen molar-refractivity contribution in [2.24, 2.45) is 5.41 Å². The SMILES string of the molecule is CC(C)(CCCO)CNS(=O)(=O)Cc1ccccc1N. The lowest BCUT2D eigenvalue weighted by Crippen LogP contribution is -2.35. The van der Waals surface area contributed by atoms with Crippen LogP contribution in [0.15, 0.2) is 24.3 Å². The highest BCUT2D eigenvalue weighted by Crippen LogP contribution is 2.21. The predicted molar refractivity (Wildman–Crippen MR) is 81.6 cm³/mol. The minimum absolute atomic E-state index is 0.115. The van der Waals surface area contributed by atoms with Gasteiger partial charge in [0, 0.05) is 18.8 Å². The van der Waals surface area contributed by atoms with E-state index in [1.54, 1.807) is 24.3 Å².